The highest BCUT2D eigenvalue weighted by Crippen LogP contribution is 2.27. The molecule has 9 nitrogen and oxygen atoms in total. The number of carbonyl (C=O) groups is 2. The van der Waals surface area contributed by atoms with Gasteiger partial charge < -0.3 is 10.1 Å². The van der Waals surface area contributed by atoms with E-state index in [2.05, 4.69) is 22.4 Å². The first-order valence-corrected chi connectivity index (χ1v) is 14.1. The molecule has 1 N–H and O–H groups in total. The lowest BCUT2D eigenvalue weighted by molar-refractivity contribution is -0.149. The lowest BCUT2D eigenvalue weighted by Gasteiger charge is -2.30. The fraction of sp³-hybridized carbons (Fsp3) is 0.524. The molecule has 0 spiro atoms. The topological polar surface area (TPSA) is 119 Å². The van der Waals surface area contributed by atoms with Crippen molar-refractivity contribution in [1.29, 1.82) is 0 Å². The van der Waals surface area contributed by atoms with Crippen molar-refractivity contribution in [3.63, 3.8) is 0 Å². The molecule has 0 unspecified atom stereocenters. The molecule has 2 aromatic rings. The summed E-state index contributed by atoms with van der Waals surface area (Å²) < 4.78 is 33.4. The third kappa shape index (κ3) is 6.75. The van der Waals surface area contributed by atoms with Crippen LogP contribution in [-0.4, -0.2) is 66.7 Å². The molecule has 2 heterocycles. The van der Waals surface area contributed by atoms with Gasteiger partial charge in [-0.05, 0) is 38.3 Å². The highest BCUT2D eigenvalue weighted by Gasteiger charge is 2.33. The molecule has 1 aliphatic rings. The average molecular weight is 513 g/mol. The summed E-state index contributed by atoms with van der Waals surface area (Å²) in [6.45, 7) is 4.61. The van der Waals surface area contributed by atoms with Gasteiger partial charge in [0.25, 0.3) is 0 Å². The minimum absolute atomic E-state index is 0.0124. The molecule has 0 bridgehead atoms. The fourth-order valence-electron chi connectivity index (χ4n) is 3.36. The summed E-state index contributed by atoms with van der Waals surface area (Å²) in [5, 5.41) is 11.6. The van der Waals surface area contributed by atoms with E-state index in [1.54, 1.807) is 30.8 Å². The standard InChI is InChI=1S/C21H28N4O5S3/c1-3-12-31-21-24-23-20(32-21)22-14-18(26)16-6-5-7-17(13-16)33(28,29)25-10-8-15(9-11-25)19(27)30-4-2/h5-7,13,15H,3-4,8-12,14H2,1-2H3,(H,22,23). The number of sulfonamides is 1. The van der Waals surface area contributed by atoms with Crippen molar-refractivity contribution in [3.8, 4) is 0 Å². The van der Waals surface area contributed by atoms with E-state index in [-0.39, 0.29) is 42.2 Å². The Bertz CT molecular complexity index is 1070. The van der Waals surface area contributed by atoms with E-state index in [9.17, 15) is 18.0 Å². The van der Waals surface area contributed by atoms with Crippen molar-refractivity contribution in [3.05, 3.63) is 29.8 Å². The zero-order valence-corrected chi connectivity index (χ0v) is 21.1. The minimum Gasteiger partial charge on any atom is -0.466 e. The lowest BCUT2D eigenvalue weighted by Crippen LogP contribution is -2.40. The van der Waals surface area contributed by atoms with Crippen LogP contribution in [0.2, 0.25) is 0 Å². The monoisotopic (exact) mass is 512 g/mol. The van der Waals surface area contributed by atoms with E-state index in [1.807, 2.05) is 0 Å². The summed E-state index contributed by atoms with van der Waals surface area (Å²) in [5.74, 6) is 0.152. The molecule has 0 aliphatic carbocycles. The quantitative estimate of drug-likeness (QED) is 0.275. The fourth-order valence-corrected chi connectivity index (χ4v) is 6.55. The van der Waals surface area contributed by atoms with E-state index in [1.165, 1.54) is 27.8 Å². The predicted molar refractivity (Wildman–Crippen MR) is 128 cm³/mol. The molecular weight excluding hydrogens is 484 g/mol. The van der Waals surface area contributed by atoms with Gasteiger partial charge in [0.05, 0.1) is 24.0 Å². The molecule has 1 aliphatic heterocycles. The number of ketones is 1. The van der Waals surface area contributed by atoms with E-state index in [0.29, 0.717) is 30.1 Å². The SMILES string of the molecule is CCCSc1nnc(NCC(=O)c2cccc(S(=O)(=O)N3CCC(C(=O)OCC)CC3)c2)s1. The summed E-state index contributed by atoms with van der Waals surface area (Å²) in [6, 6.07) is 6.05. The van der Waals surface area contributed by atoms with Gasteiger partial charge in [0.1, 0.15) is 0 Å². The van der Waals surface area contributed by atoms with Gasteiger partial charge >= 0.3 is 5.97 Å². The highest BCUT2D eigenvalue weighted by molar-refractivity contribution is 8.01. The van der Waals surface area contributed by atoms with Crippen LogP contribution in [0.4, 0.5) is 5.13 Å². The van der Waals surface area contributed by atoms with Crippen LogP contribution in [0.5, 0.6) is 0 Å². The molecule has 12 heteroatoms. The molecule has 0 radical (unpaired) electrons. The molecule has 0 saturated carbocycles. The smallest absolute Gasteiger partial charge is 0.309 e. The van der Waals surface area contributed by atoms with Crippen LogP contribution in [0, 0.1) is 5.92 Å². The zero-order chi connectivity index (χ0) is 23.8. The second kappa shape index (κ2) is 11.9. The number of benzene rings is 1. The minimum atomic E-state index is -3.77. The van der Waals surface area contributed by atoms with Crippen LogP contribution in [0.15, 0.2) is 33.5 Å². The number of esters is 1. The summed E-state index contributed by atoms with van der Waals surface area (Å²) >= 11 is 3.00. The Kier molecular flexibility index (Phi) is 9.24. The van der Waals surface area contributed by atoms with Gasteiger partial charge in [-0.25, -0.2) is 8.42 Å². The van der Waals surface area contributed by atoms with Crippen molar-refractivity contribution in [2.45, 2.75) is 42.3 Å². The molecule has 0 amide bonds. The number of hydrogen-bond donors (Lipinski definition) is 1. The maximum Gasteiger partial charge on any atom is 0.309 e. The van der Waals surface area contributed by atoms with Crippen LogP contribution in [-0.2, 0) is 19.6 Å². The highest BCUT2D eigenvalue weighted by atomic mass is 32.2. The molecule has 3 rings (SSSR count). The Morgan fingerprint density at radius 3 is 2.70 bits per heavy atom. The Balaban J connectivity index is 1.60. The Morgan fingerprint density at radius 2 is 2.00 bits per heavy atom. The van der Waals surface area contributed by atoms with Crippen LogP contribution in [0.25, 0.3) is 0 Å². The van der Waals surface area contributed by atoms with Crippen molar-refractivity contribution in [1.82, 2.24) is 14.5 Å². The molecular formula is C21H28N4O5S3. The Hall–Kier alpha value is -2.02. The van der Waals surface area contributed by atoms with Gasteiger partial charge in [-0.3, -0.25) is 9.59 Å². The Labute approximate surface area is 202 Å². The predicted octanol–water partition coefficient (Wildman–Crippen LogP) is 3.30. The lowest BCUT2D eigenvalue weighted by atomic mass is 9.98. The normalized spacial score (nSPS) is 15.3. The number of carbonyl (C=O) groups excluding carboxylic acids is 2. The maximum absolute atomic E-state index is 13.1. The first-order valence-electron chi connectivity index (χ1n) is 10.8. The number of nitrogens with one attached hydrogen (secondary N) is 1. The number of aromatic nitrogens is 2. The average Bonchev–Trinajstić information content (AvgIpc) is 3.29. The number of rotatable bonds is 11. The molecule has 180 valence electrons. The van der Waals surface area contributed by atoms with Crippen molar-refractivity contribution in [2.24, 2.45) is 5.92 Å². The second-order valence-corrected chi connectivity index (χ2v) is 11.7. The van der Waals surface area contributed by atoms with Gasteiger partial charge in [0.2, 0.25) is 15.2 Å². The summed E-state index contributed by atoms with van der Waals surface area (Å²) in [5.41, 5.74) is 0.301. The number of Topliss-reactive ketones (excluding diaryl/α,β-unsaturated/α-hetero) is 1. The number of nitrogens with zero attached hydrogens (tertiary/aromatic N) is 3. The molecule has 1 aromatic heterocycles. The molecule has 0 atom stereocenters. The van der Waals surface area contributed by atoms with Gasteiger partial charge in [-0.15, -0.1) is 10.2 Å². The van der Waals surface area contributed by atoms with Crippen LogP contribution in [0.1, 0.15) is 43.5 Å². The van der Waals surface area contributed by atoms with E-state index in [0.717, 1.165) is 16.5 Å². The van der Waals surface area contributed by atoms with Crippen LogP contribution < -0.4 is 5.32 Å². The van der Waals surface area contributed by atoms with Crippen molar-refractivity contribution in [2.75, 3.05) is 37.3 Å². The Morgan fingerprint density at radius 1 is 1.24 bits per heavy atom. The van der Waals surface area contributed by atoms with E-state index >= 15 is 0 Å². The largest absolute Gasteiger partial charge is 0.466 e. The van der Waals surface area contributed by atoms with Gasteiger partial charge in [-0.2, -0.15) is 4.31 Å². The first kappa shape index (κ1) is 25.6. The summed E-state index contributed by atoms with van der Waals surface area (Å²) in [6.07, 6.45) is 1.87. The number of thioether (sulfide) groups is 1. The summed E-state index contributed by atoms with van der Waals surface area (Å²) in [4.78, 5) is 24.6. The van der Waals surface area contributed by atoms with Crippen molar-refractivity contribution < 1.29 is 22.7 Å². The van der Waals surface area contributed by atoms with Gasteiger partial charge in [0.15, 0.2) is 10.1 Å². The number of piperidine rings is 1. The molecule has 33 heavy (non-hydrogen) atoms. The zero-order valence-electron chi connectivity index (χ0n) is 18.7. The van der Waals surface area contributed by atoms with Crippen LogP contribution >= 0.6 is 23.1 Å². The number of ether oxygens (including phenoxy) is 1. The van der Waals surface area contributed by atoms with Crippen molar-refractivity contribution >= 4 is 50.0 Å². The van der Waals surface area contributed by atoms with E-state index in [4.69, 9.17) is 4.74 Å². The summed E-state index contributed by atoms with van der Waals surface area (Å²) in [7, 11) is -3.77. The van der Waals surface area contributed by atoms with Gasteiger partial charge in [-0.1, -0.05) is 42.2 Å². The van der Waals surface area contributed by atoms with E-state index < -0.39 is 10.0 Å². The number of hydrogen-bond acceptors (Lipinski definition) is 10. The number of anilines is 1. The van der Waals surface area contributed by atoms with Gasteiger partial charge in [0, 0.05) is 24.4 Å². The molecule has 1 saturated heterocycles. The first-order chi connectivity index (χ1) is 15.8. The third-order valence-electron chi connectivity index (χ3n) is 5.10. The molecule has 1 fully saturated rings. The van der Waals surface area contributed by atoms with Crippen LogP contribution in [0.3, 0.4) is 0 Å². The second-order valence-electron chi connectivity index (χ2n) is 7.46. The third-order valence-corrected chi connectivity index (χ3v) is 9.22. The maximum atomic E-state index is 13.1. The molecule has 1 aromatic carbocycles.